The Morgan fingerprint density at radius 2 is 1.58 bits per heavy atom. The molecule has 1 atom stereocenters. The first-order valence-corrected chi connectivity index (χ1v) is 12.2. The van der Waals surface area contributed by atoms with Gasteiger partial charge < -0.3 is 10.1 Å². The maximum Gasteiger partial charge on any atom is 0.265 e. The fourth-order valence-electron chi connectivity index (χ4n) is 2.69. The Morgan fingerprint density at radius 3 is 2.23 bits per heavy atom. The average Bonchev–Trinajstić information content (AvgIpc) is 2.75. The van der Waals surface area contributed by atoms with Crippen LogP contribution in [0.1, 0.15) is 6.92 Å². The van der Waals surface area contributed by atoms with Gasteiger partial charge in [-0.15, -0.1) is 0 Å². The summed E-state index contributed by atoms with van der Waals surface area (Å²) in [7, 11) is -1.86. The lowest BCUT2D eigenvalue weighted by atomic mass is 10.2. The van der Waals surface area contributed by atoms with Gasteiger partial charge in [0, 0.05) is 16.8 Å². The number of benzene rings is 3. The molecule has 0 aromatic heterocycles. The normalized spacial score (nSPS) is 12.1. The monoisotopic (exact) mass is 456 g/mol. The summed E-state index contributed by atoms with van der Waals surface area (Å²) in [6.45, 7) is 1.67. The lowest BCUT2D eigenvalue weighted by molar-refractivity contribution is -0.122. The van der Waals surface area contributed by atoms with Crippen LogP contribution in [0.3, 0.4) is 0 Å². The van der Waals surface area contributed by atoms with Crippen LogP contribution in [0.5, 0.6) is 5.75 Å². The van der Waals surface area contributed by atoms with Crippen LogP contribution in [-0.4, -0.2) is 33.7 Å². The Labute approximate surface area is 187 Å². The zero-order valence-corrected chi connectivity index (χ0v) is 19.1. The Morgan fingerprint density at radius 1 is 0.968 bits per heavy atom. The molecular weight excluding hydrogens is 432 g/mol. The van der Waals surface area contributed by atoms with Gasteiger partial charge >= 0.3 is 0 Å². The third kappa shape index (κ3) is 6.26. The van der Waals surface area contributed by atoms with Crippen LogP contribution in [0.4, 0.5) is 11.4 Å². The van der Waals surface area contributed by atoms with E-state index in [-0.39, 0.29) is 5.91 Å². The van der Waals surface area contributed by atoms with Crippen molar-refractivity contribution in [1.82, 2.24) is 0 Å². The van der Waals surface area contributed by atoms with E-state index in [1.54, 1.807) is 43.0 Å². The zero-order valence-electron chi connectivity index (χ0n) is 17.5. The molecule has 0 bridgehead atoms. The van der Waals surface area contributed by atoms with Gasteiger partial charge in [-0.3, -0.25) is 9.10 Å². The molecule has 3 aromatic carbocycles. The molecule has 0 aliphatic carbocycles. The van der Waals surface area contributed by atoms with Gasteiger partial charge in [-0.05, 0) is 55.5 Å². The standard InChI is InChI=1S/C23H24N2O4S2/c1-17(29-19-15-13-18(14-16-19)25(2)31(3,27)28)23(26)24-21-11-7-8-12-22(21)30-20-9-5-4-6-10-20/h4-17H,1-3H3,(H,24,26). The number of hydrogen-bond donors (Lipinski definition) is 1. The molecule has 1 unspecified atom stereocenters. The fourth-order valence-corrected chi connectivity index (χ4v) is 4.12. The van der Waals surface area contributed by atoms with Gasteiger partial charge in [0.1, 0.15) is 5.75 Å². The summed E-state index contributed by atoms with van der Waals surface area (Å²) in [5, 5.41) is 2.93. The molecule has 1 amide bonds. The highest BCUT2D eigenvalue weighted by atomic mass is 32.2. The van der Waals surface area contributed by atoms with Crippen molar-refractivity contribution in [3.8, 4) is 5.75 Å². The summed E-state index contributed by atoms with van der Waals surface area (Å²) in [4.78, 5) is 14.7. The summed E-state index contributed by atoms with van der Waals surface area (Å²) in [6.07, 6.45) is 0.394. The molecule has 0 radical (unpaired) electrons. The van der Waals surface area contributed by atoms with Crippen LogP contribution in [0, 0.1) is 0 Å². The fraction of sp³-hybridized carbons (Fsp3) is 0.174. The zero-order chi connectivity index (χ0) is 22.4. The smallest absolute Gasteiger partial charge is 0.265 e. The highest BCUT2D eigenvalue weighted by Gasteiger charge is 2.17. The lowest BCUT2D eigenvalue weighted by Gasteiger charge is -2.19. The van der Waals surface area contributed by atoms with Crippen molar-refractivity contribution in [2.24, 2.45) is 0 Å². The first-order chi connectivity index (χ1) is 14.7. The number of nitrogens with zero attached hydrogens (tertiary/aromatic N) is 1. The van der Waals surface area contributed by atoms with Crippen molar-refractivity contribution in [3.05, 3.63) is 78.9 Å². The number of rotatable bonds is 8. The van der Waals surface area contributed by atoms with E-state index in [4.69, 9.17) is 4.74 Å². The molecule has 31 heavy (non-hydrogen) atoms. The number of amides is 1. The van der Waals surface area contributed by atoms with E-state index in [0.29, 0.717) is 17.1 Å². The summed E-state index contributed by atoms with van der Waals surface area (Å²) in [6, 6.07) is 24.1. The molecule has 0 aliphatic heterocycles. The predicted molar refractivity (Wildman–Crippen MR) is 125 cm³/mol. The number of nitrogens with one attached hydrogen (secondary N) is 1. The molecule has 3 rings (SSSR count). The number of hydrogen-bond acceptors (Lipinski definition) is 5. The molecule has 162 valence electrons. The third-order valence-corrected chi connectivity index (χ3v) is 6.79. The minimum Gasteiger partial charge on any atom is -0.481 e. The van der Waals surface area contributed by atoms with Crippen molar-refractivity contribution in [2.45, 2.75) is 22.8 Å². The summed E-state index contributed by atoms with van der Waals surface area (Å²) >= 11 is 1.57. The number of ether oxygens (including phenoxy) is 1. The highest BCUT2D eigenvalue weighted by Crippen LogP contribution is 2.33. The van der Waals surface area contributed by atoms with E-state index < -0.39 is 16.1 Å². The summed E-state index contributed by atoms with van der Waals surface area (Å²) in [5.41, 5.74) is 1.22. The number of carbonyl (C=O) groups is 1. The second-order valence-corrected chi connectivity index (χ2v) is 10.0. The molecule has 0 saturated carbocycles. The van der Waals surface area contributed by atoms with E-state index in [9.17, 15) is 13.2 Å². The molecule has 6 nitrogen and oxygen atoms in total. The second-order valence-electron chi connectivity index (χ2n) is 6.88. The first-order valence-electron chi connectivity index (χ1n) is 9.57. The van der Waals surface area contributed by atoms with Crippen molar-refractivity contribution in [3.63, 3.8) is 0 Å². The van der Waals surface area contributed by atoms with Gasteiger partial charge in [-0.2, -0.15) is 0 Å². The molecular formula is C23H24N2O4S2. The molecule has 0 spiro atoms. The average molecular weight is 457 g/mol. The van der Waals surface area contributed by atoms with Crippen molar-refractivity contribution < 1.29 is 17.9 Å². The minimum atomic E-state index is -3.34. The van der Waals surface area contributed by atoms with Crippen LogP contribution in [0.2, 0.25) is 0 Å². The van der Waals surface area contributed by atoms with E-state index in [1.807, 2.05) is 54.6 Å². The number of anilines is 2. The Kier molecular flexibility index (Phi) is 7.25. The van der Waals surface area contributed by atoms with Gasteiger partial charge in [0.2, 0.25) is 10.0 Å². The second kappa shape index (κ2) is 9.89. The van der Waals surface area contributed by atoms with E-state index in [1.165, 1.54) is 11.4 Å². The van der Waals surface area contributed by atoms with Crippen molar-refractivity contribution in [2.75, 3.05) is 22.9 Å². The van der Waals surface area contributed by atoms with Gasteiger partial charge in [0.25, 0.3) is 5.91 Å². The van der Waals surface area contributed by atoms with Crippen LogP contribution in [-0.2, 0) is 14.8 Å². The predicted octanol–water partition coefficient (Wildman–Crippen LogP) is 4.64. The van der Waals surface area contributed by atoms with E-state index in [2.05, 4.69) is 5.32 Å². The van der Waals surface area contributed by atoms with Crippen LogP contribution in [0.15, 0.2) is 88.7 Å². The minimum absolute atomic E-state index is 0.279. The van der Waals surface area contributed by atoms with Gasteiger partial charge in [-0.1, -0.05) is 42.1 Å². The number of carbonyl (C=O) groups excluding carboxylic acids is 1. The molecule has 0 saturated heterocycles. The number of para-hydroxylation sites is 1. The highest BCUT2D eigenvalue weighted by molar-refractivity contribution is 7.99. The summed E-state index contributed by atoms with van der Waals surface area (Å²) in [5.74, 6) is 0.193. The molecule has 1 N–H and O–H groups in total. The van der Waals surface area contributed by atoms with Gasteiger partial charge in [0.15, 0.2) is 6.10 Å². The number of sulfonamides is 1. The quantitative estimate of drug-likeness (QED) is 0.534. The SMILES string of the molecule is CC(Oc1ccc(N(C)S(C)(=O)=O)cc1)C(=O)Nc1ccccc1Sc1ccccc1. The van der Waals surface area contributed by atoms with Crippen LogP contribution in [0.25, 0.3) is 0 Å². The maximum absolute atomic E-state index is 12.7. The molecule has 0 aliphatic rings. The largest absolute Gasteiger partial charge is 0.481 e. The molecule has 3 aromatic rings. The maximum atomic E-state index is 12.7. The van der Waals surface area contributed by atoms with Crippen molar-refractivity contribution in [1.29, 1.82) is 0 Å². The van der Waals surface area contributed by atoms with Gasteiger partial charge in [0.05, 0.1) is 17.6 Å². The molecule has 0 fully saturated rings. The third-order valence-electron chi connectivity index (χ3n) is 4.50. The lowest BCUT2D eigenvalue weighted by Crippen LogP contribution is -2.30. The van der Waals surface area contributed by atoms with E-state index in [0.717, 1.165) is 16.0 Å². The van der Waals surface area contributed by atoms with Crippen LogP contribution >= 0.6 is 11.8 Å². The first kappa shape index (κ1) is 22.7. The Balaban J connectivity index is 1.65. The topological polar surface area (TPSA) is 75.7 Å². The Hall–Kier alpha value is -2.97. The van der Waals surface area contributed by atoms with Gasteiger partial charge in [-0.25, -0.2) is 8.42 Å². The molecule has 0 heterocycles. The Bertz CT molecular complexity index is 1130. The summed E-state index contributed by atoms with van der Waals surface area (Å²) < 4.78 is 30.2. The molecule has 8 heteroatoms. The van der Waals surface area contributed by atoms with Crippen molar-refractivity contribution >= 4 is 39.1 Å². The van der Waals surface area contributed by atoms with E-state index >= 15 is 0 Å². The van der Waals surface area contributed by atoms with Crippen LogP contribution < -0.4 is 14.4 Å².